The minimum absolute atomic E-state index is 0.0252. The number of hydrogen-bond donors (Lipinski definition) is 1. The van der Waals surface area contributed by atoms with Gasteiger partial charge in [-0.05, 0) is 61.7 Å². The van der Waals surface area contributed by atoms with Crippen LogP contribution in [-0.2, 0) is 26.2 Å². The average Bonchev–Trinajstić information content (AvgIpc) is 2.89. The van der Waals surface area contributed by atoms with Crippen LogP contribution >= 0.6 is 23.2 Å². The monoisotopic (exact) mass is 575 g/mol. The van der Waals surface area contributed by atoms with Crippen LogP contribution in [0.5, 0.6) is 0 Å². The van der Waals surface area contributed by atoms with E-state index in [0.29, 0.717) is 27.6 Å². The van der Waals surface area contributed by atoms with Crippen LogP contribution in [-0.4, -0.2) is 44.8 Å². The first kappa shape index (κ1) is 29.5. The van der Waals surface area contributed by atoms with Gasteiger partial charge in [0.2, 0.25) is 11.8 Å². The first-order valence-corrected chi connectivity index (χ1v) is 14.3. The van der Waals surface area contributed by atoms with E-state index in [1.165, 1.54) is 24.1 Å². The molecule has 7 nitrogen and oxygen atoms in total. The Balaban J connectivity index is 2.12. The van der Waals surface area contributed by atoms with Crippen LogP contribution in [0.15, 0.2) is 71.6 Å². The highest BCUT2D eigenvalue weighted by atomic mass is 35.5. The Bertz CT molecular complexity index is 1410. The van der Waals surface area contributed by atoms with Gasteiger partial charge in [-0.15, -0.1) is 0 Å². The van der Waals surface area contributed by atoms with Crippen LogP contribution in [0.1, 0.15) is 30.0 Å². The molecule has 202 valence electrons. The van der Waals surface area contributed by atoms with E-state index in [9.17, 15) is 18.0 Å². The predicted octanol–water partition coefficient (Wildman–Crippen LogP) is 5.36. The van der Waals surface area contributed by atoms with E-state index >= 15 is 0 Å². The third-order valence-corrected chi connectivity index (χ3v) is 8.88. The number of anilines is 1. The van der Waals surface area contributed by atoms with Gasteiger partial charge in [-0.3, -0.25) is 13.9 Å². The highest BCUT2D eigenvalue weighted by Crippen LogP contribution is 2.31. The summed E-state index contributed by atoms with van der Waals surface area (Å²) in [6.45, 7) is 4.82. The first-order valence-electron chi connectivity index (χ1n) is 12.1. The zero-order valence-electron chi connectivity index (χ0n) is 21.7. The Morgan fingerprint density at radius 1 is 0.921 bits per heavy atom. The lowest BCUT2D eigenvalue weighted by atomic mass is 10.1. The highest BCUT2D eigenvalue weighted by Gasteiger charge is 2.34. The molecule has 0 heterocycles. The summed E-state index contributed by atoms with van der Waals surface area (Å²) >= 11 is 12.7. The number of rotatable bonds is 10. The molecular weight excluding hydrogens is 545 g/mol. The van der Waals surface area contributed by atoms with E-state index in [2.05, 4.69) is 5.32 Å². The van der Waals surface area contributed by atoms with Gasteiger partial charge in [0.25, 0.3) is 10.0 Å². The third kappa shape index (κ3) is 6.49. The molecular formula is C28H31Cl2N3O4S. The molecule has 3 rings (SSSR count). The molecule has 0 spiro atoms. The standard InChI is InChI=1S/C28H31Cl2N3O4S/c1-5-25(28(35)31-4)32(17-21-9-6-7-10-24(21)30)27(34)18-33(26-12-8-11-23(29)20(26)3)38(36,37)22-15-13-19(2)14-16-22/h6-16,25H,5,17-18H2,1-4H3,(H,31,35)/t25-/m0/s1. The van der Waals surface area contributed by atoms with E-state index in [-0.39, 0.29) is 23.0 Å². The van der Waals surface area contributed by atoms with Gasteiger partial charge in [0.15, 0.2) is 0 Å². The molecule has 0 fully saturated rings. The number of carbonyl (C=O) groups is 2. The molecule has 38 heavy (non-hydrogen) atoms. The van der Waals surface area contributed by atoms with Crippen molar-refractivity contribution >= 4 is 50.7 Å². The van der Waals surface area contributed by atoms with E-state index < -0.39 is 28.5 Å². The van der Waals surface area contributed by atoms with Crippen LogP contribution in [0.25, 0.3) is 0 Å². The largest absolute Gasteiger partial charge is 0.357 e. The van der Waals surface area contributed by atoms with Gasteiger partial charge in [-0.1, -0.05) is 72.1 Å². The number of sulfonamides is 1. The average molecular weight is 577 g/mol. The summed E-state index contributed by atoms with van der Waals surface area (Å²) in [6, 6.07) is 17.5. The molecule has 10 heteroatoms. The smallest absolute Gasteiger partial charge is 0.264 e. The molecule has 0 aliphatic carbocycles. The van der Waals surface area contributed by atoms with E-state index in [1.807, 2.05) is 6.92 Å². The molecule has 0 aliphatic heterocycles. The molecule has 1 N–H and O–H groups in total. The molecule has 0 radical (unpaired) electrons. The Morgan fingerprint density at radius 2 is 1.55 bits per heavy atom. The maximum absolute atomic E-state index is 14.0. The molecule has 0 saturated carbocycles. The molecule has 1 atom stereocenters. The number of aryl methyl sites for hydroxylation is 1. The van der Waals surface area contributed by atoms with E-state index in [1.54, 1.807) is 68.4 Å². The van der Waals surface area contributed by atoms with Gasteiger partial charge in [0, 0.05) is 23.6 Å². The molecule has 0 saturated heterocycles. The summed E-state index contributed by atoms with van der Waals surface area (Å²) < 4.78 is 28.9. The quantitative estimate of drug-likeness (QED) is 0.352. The number of carbonyl (C=O) groups excluding carboxylic acids is 2. The number of halogens is 2. The van der Waals surface area contributed by atoms with Crippen molar-refractivity contribution in [1.82, 2.24) is 10.2 Å². The zero-order chi connectivity index (χ0) is 28.0. The van der Waals surface area contributed by atoms with Gasteiger partial charge in [-0.25, -0.2) is 8.42 Å². The Kier molecular flexibility index (Phi) is 9.82. The molecule has 0 aromatic heterocycles. The normalized spacial score (nSPS) is 12.1. The number of likely N-dealkylation sites (N-methyl/N-ethyl adjacent to an activating group) is 1. The van der Waals surface area contributed by atoms with Crippen LogP contribution in [0.3, 0.4) is 0 Å². The van der Waals surface area contributed by atoms with Gasteiger partial charge in [0.1, 0.15) is 12.6 Å². The van der Waals surface area contributed by atoms with Crippen LogP contribution in [0.4, 0.5) is 5.69 Å². The number of nitrogens with zero attached hydrogens (tertiary/aromatic N) is 2. The van der Waals surface area contributed by atoms with Crippen molar-refractivity contribution in [1.29, 1.82) is 0 Å². The second-order valence-corrected chi connectivity index (χ2v) is 11.5. The molecule has 3 aromatic carbocycles. The molecule has 0 unspecified atom stereocenters. The number of nitrogens with one attached hydrogen (secondary N) is 1. The fourth-order valence-electron chi connectivity index (χ4n) is 4.11. The molecule has 3 aromatic rings. The lowest BCUT2D eigenvalue weighted by Crippen LogP contribution is -2.51. The first-order chi connectivity index (χ1) is 18.0. The van der Waals surface area contributed by atoms with E-state index in [4.69, 9.17) is 23.2 Å². The Hall–Kier alpha value is -3.07. The summed E-state index contributed by atoms with van der Waals surface area (Å²) in [5.41, 5.74) is 2.32. The number of benzene rings is 3. The Morgan fingerprint density at radius 3 is 2.16 bits per heavy atom. The van der Waals surface area contributed by atoms with Crippen molar-refractivity contribution in [3.05, 3.63) is 93.5 Å². The van der Waals surface area contributed by atoms with Gasteiger partial charge in [0.05, 0.1) is 10.6 Å². The lowest BCUT2D eigenvalue weighted by Gasteiger charge is -2.33. The fourth-order valence-corrected chi connectivity index (χ4v) is 5.95. The maximum Gasteiger partial charge on any atom is 0.264 e. The fraction of sp³-hybridized carbons (Fsp3) is 0.286. The minimum Gasteiger partial charge on any atom is -0.357 e. The zero-order valence-corrected chi connectivity index (χ0v) is 24.1. The molecule has 2 amide bonds. The summed E-state index contributed by atoms with van der Waals surface area (Å²) in [5, 5.41) is 3.40. The maximum atomic E-state index is 14.0. The second kappa shape index (κ2) is 12.7. The second-order valence-electron chi connectivity index (χ2n) is 8.86. The Labute approximate surface area is 234 Å². The SMILES string of the molecule is CC[C@@H](C(=O)NC)N(Cc1ccccc1Cl)C(=O)CN(c1cccc(Cl)c1C)S(=O)(=O)c1ccc(C)cc1. The van der Waals surface area contributed by atoms with Crippen molar-refractivity contribution in [2.24, 2.45) is 0 Å². The minimum atomic E-state index is -4.18. The van der Waals surface area contributed by atoms with Crippen molar-refractivity contribution in [3.63, 3.8) is 0 Å². The number of hydrogen-bond acceptors (Lipinski definition) is 4. The summed E-state index contributed by atoms with van der Waals surface area (Å²) in [5.74, 6) is -0.921. The lowest BCUT2D eigenvalue weighted by molar-refractivity contribution is -0.140. The van der Waals surface area contributed by atoms with Crippen molar-refractivity contribution < 1.29 is 18.0 Å². The van der Waals surface area contributed by atoms with E-state index in [0.717, 1.165) is 9.87 Å². The van der Waals surface area contributed by atoms with Gasteiger partial charge in [-0.2, -0.15) is 0 Å². The molecule has 0 aliphatic rings. The van der Waals surface area contributed by atoms with Crippen molar-refractivity contribution in [2.75, 3.05) is 17.9 Å². The van der Waals surface area contributed by atoms with Crippen LogP contribution in [0, 0.1) is 13.8 Å². The summed E-state index contributed by atoms with van der Waals surface area (Å²) in [7, 11) is -2.68. The number of amides is 2. The van der Waals surface area contributed by atoms with Gasteiger partial charge >= 0.3 is 0 Å². The van der Waals surface area contributed by atoms with Crippen molar-refractivity contribution in [3.8, 4) is 0 Å². The van der Waals surface area contributed by atoms with Crippen LogP contribution < -0.4 is 9.62 Å². The van der Waals surface area contributed by atoms with Crippen molar-refractivity contribution in [2.45, 2.75) is 44.7 Å². The topological polar surface area (TPSA) is 86.8 Å². The van der Waals surface area contributed by atoms with Gasteiger partial charge < -0.3 is 10.2 Å². The van der Waals surface area contributed by atoms with Crippen LogP contribution in [0.2, 0.25) is 10.0 Å². The predicted molar refractivity (Wildman–Crippen MR) is 152 cm³/mol. The summed E-state index contributed by atoms with van der Waals surface area (Å²) in [4.78, 5) is 28.1. The third-order valence-electron chi connectivity index (χ3n) is 6.33. The summed E-state index contributed by atoms with van der Waals surface area (Å²) in [6.07, 6.45) is 0.316. The molecule has 0 bridgehead atoms. The highest BCUT2D eigenvalue weighted by molar-refractivity contribution is 7.92.